The van der Waals surface area contributed by atoms with Crippen LogP contribution in [-0.2, 0) is 0 Å². The summed E-state index contributed by atoms with van der Waals surface area (Å²) in [5, 5.41) is 4.19. The molecule has 5 nitrogen and oxygen atoms in total. The summed E-state index contributed by atoms with van der Waals surface area (Å²) < 4.78 is 6.14. The standard InChI is InChI=1S/C24H26N4OS/c1-16-9-14-21(26-16)23-22(20-8-4-5-15-25-20)27-24(30)28(23)17-10-12-19(13-11-17)29-18-6-2-3-7-18/h4-5,8-15,18,22-23,26H,2-3,6-7H2,1H3,(H,27,30)/t22-,23-/m0/s1. The van der Waals surface area contributed by atoms with E-state index in [2.05, 4.69) is 63.5 Å². The van der Waals surface area contributed by atoms with Gasteiger partial charge in [-0.1, -0.05) is 6.07 Å². The number of ether oxygens (including phenoxy) is 1. The van der Waals surface area contributed by atoms with E-state index in [9.17, 15) is 0 Å². The van der Waals surface area contributed by atoms with Gasteiger partial charge in [0.1, 0.15) is 11.8 Å². The molecule has 2 N–H and O–H groups in total. The number of benzene rings is 1. The molecule has 1 saturated heterocycles. The molecule has 1 saturated carbocycles. The Hall–Kier alpha value is -2.86. The first kappa shape index (κ1) is 19.1. The van der Waals surface area contributed by atoms with Gasteiger partial charge in [-0.05, 0) is 93.4 Å². The van der Waals surface area contributed by atoms with E-state index in [0.29, 0.717) is 11.2 Å². The maximum Gasteiger partial charge on any atom is 0.174 e. The van der Waals surface area contributed by atoms with Crippen molar-refractivity contribution in [2.24, 2.45) is 0 Å². The van der Waals surface area contributed by atoms with E-state index in [1.165, 1.54) is 12.8 Å². The van der Waals surface area contributed by atoms with Gasteiger partial charge in [0.15, 0.2) is 5.11 Å². The molecular weight excluding hydrogens is 392 g/mol. The normalized spacial score (nSPS) is 21.8. The van der Waals surface area contributed by atoms with Crippen LogP contribution in [0.15, 0.2) is 60.8 Å². The molecule has 2 aromatic heterocycles. The van der Waals surface area contributed by atoms with Gasteiger partial charge in [0.2, 0.25) is 0 Å². The molecule has 1 aliphatic heterocycles. The van der Waals surface area contributed by atoms with Crippen LogP contribution in [-0.4, -0.2) is 21.2 Å². The van der Waals surface area contributed by atoms with E-state index in [1.54, 1.807) is 0 Å². The Balaban J connectivity index is 1.46. The van der Waals surface area contributed by atoms with Crippen LogP contribution in [0.25, 0.3) is 0 Å². The van der Waals surface area contributed by atoms with E-state index in [0.717, 1.165) is 41.4 Å². The average Bonchev–Trinajstić information content (AvgIpc) is 3.50. The maximum absolute atomic E-state index is 6.14. The number of thiocarbonyl (C=S) groups is 1. The lowest BCUT2D eigenvalue weighted by Crippen LogP contribution is -2.29. The summed E-state index contributed by atoms with van der Waals surface area (Å²) in [6, 6.07) is 18.5. The molecule has 2 aliphatic rings. The fourth-order valence-corrected chi connectivity index (χ4v) is 4.88. The molecule has 2 fully saturated rings. The highest BCUT2D eigenvalue weighted by atomic mass is 32.1. The first-order chi connectivity index (χ1) is 14.7. The van der Waals surface area contributed by atoms with Crippen molar-refractivity contribution in [1.82, 2.24) is 15.3 Å². The molecule has 0 radical (unpaired) electrons. The van der Waals surface area contributed by atoms with Gasteiger partial charge in [0.05, 0.1) is 17.8 Å². The lowest BCUT2D eigenvalue weighted by atomic mass is 10.0. The summed E-state index contributed by atoms with van der Waals surface area (Å²) in [7, 11) is 0. The number of rotatable bonds is 5. The lowest BCUT2D eigenvalue weighted by molar-refractivity contribution is 0.210. The SMILES string of the molecule is Cc1ccc([C@H]2[C@H](c3ccccn3)NC(=S)N2c2ccc(OC3CCCC3)cc2)[nH]1. The van der Waals surface area contributed by atoms with Crippen LogP contribution in [0.4, 0.5) is 5.69 Å². The van der Waals surface area contributed by atoms with Crippen molar-refractivity contribution in [3.63, 3.8) is 0 Å². The van der Waals surface area contributed by atoms with Crippen LogP contribution in [0.1, 0.15) is 54.8 Å². The minimum Gasteiger partial charge on any atom is -0.490 e. The Morgan fingerprint density at radius 3 is 2.50 bits per heavy atom. The molecule has 2 atom stereocenters. The van der Waals surface area contributed by atoms with Crippen LogP contribution >= 0.6 is 12.2 Å². The van der Waals surface area contributed by atoms with Crippen LogP contribution in [0.2, 0.25) is 0 Å². The molecule has 0 bridgehead atoms. The van der Waals surface area contributed by atoms with Crippen molar-refractivity contribution in [3.8, 4) is 5.75 Å². The molecule has 5 rings (SSSR count). The zero-order valence-corrected chi connectivity index (χ0v) is 17.9. The van der Waals surface area contributed by atoms with E-state index >= 15 is 0 Å². The van der Waals surface area contributed by atoms with Crippen LogP contribution < -0.4 is 15.0 Å². The van der Waals surface area contributed by atoms with Gasteiger partial charge in [0, 0.05) is 23.3 Å². The van der Waals surface area contributed by atoms with E-state index in [-0.39, 0.29) is 12.1 Å². The molecule has 154 valence electrons. The molecule has 1 aromatic carbocycles. The third-order valence-corrected chi connectivity index (χ3v) is 6.31. The van der Waals surface area contributed by atoms with E-state index in [4.69, 9.17) is 17.0 Å². The van der Waals surface area contributed by atoms with Gasteiger partial charge in [-0.2, -0.15) is 0 Å². The molecule has 0 amide bonds. The molecule has 3 aromatic rings. The van der Waals surface area contributed by atoms with E-state index < -0.39 is 0 Å². The summed E-state index contributed by atoms with van der Waals surface area (Å²) in [6.45, 7) is 2.07. The number of hydrogen-bond donors (Lipinski definition) is 2. The topological polar surface area (TPSA) is 53.2 Å². The van der Waals surface area contributed by atoms with Gasteiger partial charge >= 0.3 is 0 Å². The highest BCUT2D eigenvalue weighted by Crippen LogP contribution is 2.41. The van der Waals surface area contributed by atoms with Crippen molar-refractivity contribution in [2.75, 3.05) is 4.90 Å². The summed E-state index contributed by atoms with van der Waals surface area (Å²) in [6.07, 6.45) is 7.03. The molecule has 1 aliphatic carbocycles. The van der Waals surface area contributed by atoms with Crippen molar-refractivity contribution in [3.05, 3.63) is 77.9 Å². The van der Waals surface area contributed by atoms with Gasteiger partial charge in [-0.25, -0.2) is 0 Å². The van der Waals surface area contributed by atoms with E-state index in [1.807, 2.05) is 24.4 Å². The number of nitrogens with one attached hydrogen (secondary N) is 2. The molecular formula is C24H26N4OS. The minimum absolute atomic E-state index is 0.0114. The Labute approximate surface area is 182 Å². The zero-order valence-electron chi connectivity index (χ0n) is 17.0. The number of nitrogens with zero attached hydrogens (tertiary/aromatic N) is 2. The Kier molecular flexibility index (Phi) is 5.17. The third-order valence-electron chi connectivity index (χ3n) is 5.99. The van der Waals surface area contributed by atoms with Gasteiger partial charge < -0.3 is 19.9 Å². The second-order valence-corrected chi connectivity index (χ2v) is 8.50. The van der Waals surface area contributed by atoms with Crippen LogP contribution in [0.5, 0.6) is 5.75 Å². The second-order valence-electron chi connectivity index (χ2n) is 8.11. The van der Waals surface area contributed by atoms with Crippen molar-refractivity contribution in [1.29, 1.82) is 0 Å². The van der Waals surface area contributed by atoms with Crippen molar-refractivity contribution in [2.45, 2.75) is 50.8 Å². The minimum atomic E-state index is -0.0360. The fraction of sp³-hybridized carbons (Fsp3) is 0.333. The number of pyridine rings is 1. The third kappa shape index (κ3) is 3.67. The highest BCUT2D eigenvalue weighted by Gasteiger charge is 2.41. The van der Waals surface area contributed by atoms with Crippen molar-refractivity contribution < 1.29 is 4.74 Å². The largest absolute Gasteiger partial charge is 0.490 e. The number of aromatic amines is 1. The predicted octanol–water partition coefficient (Wildman–Crippen LogP) is 5.22. The maximum atomic E-state index is 6.14. The Morgan fingerprint density at radius 1 is 1.03 bits per heavy atom. The average molecular weight is 419 g/mol. The summed E-state index contributed by atoms with van der Waals surface area (Å²) in [4.78, 5) is 10.3. The van der Waals surface area contributed by atoms with Crippen LogP contribution in [0.3, 0.4) is 0 Å². The summed E-state index contributed by atoms with van der Waals surface area (Å²) in [5.41, 5.74) is 4.26. The number of hydrogen-bond acceptors (Lipinski definition) is 3. The van der Waals surface area contributed by atoms with Gasteiger partial charge in [-0.3, -0.25) is 4.98 Å². The number of anilines is 1. The van der Waals surface area contributed by atoms with Gasteiger partial charge in [0.25, 0.3) is 0 Å². The molecule has 0 unspecified atom stereocenters. The predicted molar refractivity (Wildman–Crippen MR) is 123 cm³/mol. The summed E-state index contributed by atoms with van der Waals surface area (Å²) >= 11 is 5.77. The van der Waals surface area contributed by atoms with Crippen LogP contribution in [0, 0.1) is 6.92 Å². The fourth-order valence-electron chi connectivity index (χ4n) is 4.53. The lowest BCUT2D eigenvalue weighted by Gasteiger charge is -2.27. The smallest absolute Gasteiger partial charge is 0.174 e. The molecule has 0 spiro atoms. The Bertz CT molecular complexity index is 1010. The number of aryl methyl sites for hydroxylation is 1. The van der Waals surface area contributed by atoms with Crippen molar-refractivity contribution >= 4 is 23.0 Å². The number of H-pyrrole nitrogens is 1. The molecule has 30 heavy (non-hydrogen) atoms. The highest BCUT2D eigenvalue weighted by molar-refractivity contribution is 7.80. The monoisotopic (exact) mass is 418 g/mol. The number of aromatic nitrogens is 2. The zero-order chi connectivity index (χ0) is 20.5. The summed E-state index contributed by atoms with van der Waals surface area (Å²) in [5.74, 6) is 0.928. The second kappa shape index (κ2) is 8.11. The first-order valence-electron chi connectivity index (χ1n) is 10.6. The van der Waals surface area contributed by atoms with Gasteiger partial charge in [-0.15, -0.1) is 0 Å². The molecule has 6 heteroatoms. The Morgan fingerprint density at radius 2 is 1.83 bits per heavy atom. The molecule has 3 heterocycles. The first-order valence-corrected chi connectivity index (χ1v) is 11.0. The quantitative estimate of drug-likeness (QED) is 0.557.